The quantitative estimate of drug-likeness (QED) is 0.673. The Bertz CT molecular complexity index is 297. The molecule has 0 amide bonds. The van der Waals surface area contributed by atoms with Crippen LogP contribution in [0.5, 0.6) is 0 Å². The van der Waals surface area contributed by atoms with Crippen molar-refractivity contribution in [2.75, 3.05) is 0 Å². The molecule has 1 N–H and O–H groups in total. The minimum absolute atomic E-state index is 0.610. The van der Waals surface area contributed by atoms with Crippen LogP contribution in [-0.4, -0.2) is 6.34 Å². The first-order valence-corrected chi connectivity index (χ1v) is 3.77. The molecule has 3 nitrogen and oxygen atoms in total. The molecule has 1 aliphatic rings. The predicted molar refractivity (Wildman–Crippen MR) is 45.4 cm³/mol. The lowest BCUT2D eigenvalue weighted by Crippen LogP contribution is -2.22. The molecule has 2 rings (SSSR count). The predicted octanol–water partition coefficient (Wildman–Crippen LogP) is 1.30. The molecule has 1 radical (unpaired) electrons. The number of hydrogen-bond acceptors (Lipinski definition) is 3. The molecule has 0 fully saturated rings. The number of benzene rings is 1. The highest BCUT2D eigenvalue weighted by molar-refractivity contribution is 5.55. The van der Waals surface area contributed by atoms with Crippen LogP contribution in [0.4, 0.5) is 0 Å². The van der Waals surface area contributed by atoms with E-state index in [0.29, 0.717) is 0 Å². The maximum absolute atomic E-state index is 5.20. The van der Waals surface area contributed by atoms with E-state index in [9.17, 15) is 0 Å². The van der Waals surface area contributed by atoms with Crippen molar-refractivity contribution in [2.45, 2.75) is 12.6 Å². The highest BCUT2D eigenvalue weighted by atomic mass is 16.7. The van der Waals surface area contributed by atoms with Gasteiger partial charge >= 0.3 is 0 Å². The molecule has 1 aliphatic heterocycles. The first-order chi connectivity index (χ1) is 5.81. The standard InChI is InChI=1S/C9H9N2O/c1-9(10-7-11-12-9)8-5-3-2-4-6-8/h2-6H,1H3,(H,10,11). The van der Waals surface area contributed by atoms with E-state index in [1.165, 1.54) is 0 Å². The monoisotopic (exact) mass is 161 g/mol. The van der Waals surface area contributed by atoms with Crippen molar-refractivity contribution in [1.29, 1.82) is 0 Å². The minimum Gasteiger partial charge on any atom is -0.243 e. The second-order valence-corrected chi connectivity index (χ2v) is 2.78. The summed E-state index contributed by atoms with van der Waals surface area (Å²) in [7, 11) is 0. The van der Waals surface area contributed by atoms with Gasteiger partial charge in [0.1, 0.15) is 0 Å². The topological polar surface area (TPSA) is 33.6 Å². The van der Waals surface area contributed by atoms with E-state index in [1.54, 1.807) is 0 Å². The minimum atomic E-state index is -0.610. The highest BCUT2D eigenvalue weighted by Crippen LogP contribution is 2.26. The van der Waals surface area contributed by atoms with Gasteiger partial charge in [0, 0.05) is 5.56 Å². The summed E-state index contributed by atoms with van der Waals surface area (Å²) in [5.41, 5.74) is 2.90. The second-order valence-electron chi connectivity index (χ2n) is 2.78. The van der Waals surface area contributed by atoms with E-state index in [-0.39, 0.29) is 0 Å². The number of nitrogens with zero attached hydrogens (tertiary/aromatic N) is 1. The number of aliphatic imine (C=N–C) groups is 1. The molecule has 3 heteroatoms. The van der Waals surface area contributed by atoms with Gasteiger partial charge in [0.15, 0.2) is 6.34 Å². The van der Waals surface area contributed by atoms with Gasteiger partial charge in [-0.15, -0.1) is 0 Å². The molecule has 0 saturated carbocycles. The van der Waals surface area contributed by atoms with Gasteiger partial charge in [0.05, 0.1) is 0 Å². The van der Waals surface area contributed by atoms with Crippen molar-refractivity contribution in [3.63, 3.8) is 0 Å². The first-order valence-electron chi connectivity index (χ1n) is 3.77. The van der Waals surface area contributed by atoms with Crippen LogP contribution < -0.4 is 5.48 Å². The Hall–Kier alpha value is -1.35. The second kappa shape index (κ2) is 2.60. The Morgan fingerprint density at radius 2 is 2.17 bits per heavy atom. The zero-order chi connectivity index (χ0) is 8.44. The van der Waals surface area contributed by atoms with Gasteiger partial charge in [-0.1, -0.05) is 30.3 Å². The van der Waals surface area contributed by atoms with Crippen molar-refractivity contribution >= 4 is 6.34 Å². The number of hydrogen-bond donors (Lipinski definition) is 1. The van der Waals surface area contributed by atoms with Crippen LogP contribution in [0.15, 0.2) is 35.3 Å². The molecule has 61 valence electrons. The van der Waals surface area contributed by atoms with Crippen LogP contribution in [-0.2, 0) is 10.6 Å². The lowest BCUT2D eigenvalue weighted by atomic mass is 10.1. The Balaban J connectivity index is 2.36. The summed E-state index contributed by atoms with van der Waals surface area (Å²) >= 11 is 0. The molecule has 0 saturated heterocycles. The summed E-state index contributed by atoms with van der Waals surface area (Å²) in [5.74, 6) is 0. The van der Waals surface area contributed by atoms with E-state index < -0.39 is 5.72 Å². The maximum atomic E-state index is 5.20. The lowest BCUT2D eigenvalue weighted by molar-refractivity contribution is -0.0446. The zero-order valence-corrected chi connectivity index (χ0v) is 6.74. The summed E-state index contributed by atoms with van der Waals surface area (Å²) in [5, 5.41) is 0. The third-order valence-corrected chi connectivity index (χ3v) is 1.87. The molecule has 0 aromatic heterocycles. The SMILES string of the molecule is CC1(c2ccccc2)N=[C]NO1. The Morgan fingerprint density at radius 1 is 1.42 bits per heavy atom. The molecular weight excluding hydrogens is 152 g/mol. The van der Waals surface area contributed by atoms with Crippen LogP contribution >= 0.6 is 0 Å². The van der Waals surface area contributed by atoms with Gasteiger partial charge in [0.25, 0.3) is 0 Å². The van der Waals surface area contributed by atoms with Crippen LogP contribution in [0.1, 0.15) is 12.5 Å². The molecule has 0 bridgehead atoms. The Morgan fingerprint density at radius 3 is 2.75 bits per heavy atom. The van der Waals surface area contributed by atoms with E-state index in [2.05, 4.69) is 16.8 Å². The van der Waals surface area contributed by atoms with Gasteiger partial charge in [-0.2, -0.15) is 0 Å². The van der Waals surface area contributed by atoms with Gasteiger partial charge < -0.3 is 0 Å². The molecular formula is C9H9N2O. The van der Waals surface area contributed by atoms with Gasteiger partial charge in [-0.05, 0) is 6.92 Å². The van der Waals surface area contributed by atoms with E-state index in [0.717, 1.165) is 5.56 Å². The molecule has 0 aliphatic carbocycles. The maximum Gasteiger partial charge on any atom is 0.210 e. The van der Waals surface area contributed by atoms with Crippen molar-refractivity contribution in [2.24, 2.45) is 4.99 Å². The van der Waals surface area contributed by atoms with E-state index >= 15 is 0 Å². The lowest BCUT2D eigenvalue weighted by Gasteiger charge is -2.18. The third-order valence-electron chi connectivity index (χ3n) is 1.87. The smallest absolute Gasteiger partial charge is 0.210 e. The van der Waals surface area contributed by atoms with Crippen LogP contribution in [0.2, 0.25) is 0 Å². The molecule has 12 heavy (non-hydrogen) atoms. The Kier molecular flexibility index (Phi) is 1.59. The fourth-order valence-electron chi connectivity index (χ4n) is 1.15. The Labute approximate surface area is 71.0 Å². The van der Waals surface area contributed by atoms with Crippen LogP contribution in [0.25, 0.3) is 0 Å². The third kappa shape index (κ3) is 1.08. The fourth-order valence-corrected chi connectivity index (χ4v) is 1.15. The molecule has 1 atom stereocenters. The largest absolute Gasteiger partial charge is 0.243 e. The number of hydroxylamine groups is 1. The zero-order valence-electron chi connectivity index (χ0n) is 6.74. The van der Waals surface area contributed by atoms with E-state index in [1.807, 2.05) is 37.3 Å². The van der Waals surface area contributed by atoms with Crippen molar-refractivity contribution < 1.29 is 4.84 Å². The highest BCUT2D eigenvalue weighted by Gasteiger charge is 2.29. The summed E-state index contributed by atoms with van der Waals surface area (Å²) in [4.78, 5) is 9.25. The van der Waals surface area contributed by atoms with Crippen molar-refractivity contribution in [3.8, 4) is 0 Å². The van der Waals surface area contributed by atoms with Gasteiger partial charge in [-0.25, -0.2) is 15.3 Å². The summed E-state index contributed by atoms with van der Waals surface area (Å²) in [6.07, 6.45) is 2.56. The summed E-state index contributed by atoms with van der Waals surface area (Å²) < 4.78 is 0. The number of rotatable bonds is 1. The van der Waals surface area contributed by atoms with Crippen molar-refractivity contribution in [1.82, 2.24) is 5.48 Å². The summed E-state index contributed by atoms with van der Waals surface area (Å²) in [6.45, 7) is 1.88. The van der Waals surface area contributed by atoms with Crippen LogP contribution in [0.3, 0.4) is 0 Å². The van der Waals surface area contributed by atoms with Crippen LogP contribution in [0, 0.1) is 0 Å². The van der Waals surface area contributed by atoms with Gasteiger partial charge in [0.2, 0.25) is 5.72 Å². The van der Waals surface area contributed by atoms with Gasteiger partial charge in [-0.3, -0.25) is 0 Å². The molecule has 1 aromatic carbocycles. The molecule has 0 spiro atoms. The van der Waals surface area contributed by atoms with E-state index in [4.69, 9.17) is 4.84 Å². The normalized spacial score (nSPS) is 27.1. The fraction of sp³-hybridized carbons (Fsp3) is 0.222. The summed E-state index contributed by atoms with van der Waals surface area (Å²) in [6, 6.07) is 9.81. The average Bonchev–Trinajstić information content (AvgIpc) is 2.55. The molecule has 1 heterocycles. The number of nitrogens with one attached hydrogen (secondary N) is 1. The molecule has 1 aromatic rings. The average molecular weight is 161 g/mol. The molecule has 1 unspecified atom stereocenters. The first kappa shape index (κ1) is 7.31. The van der Waals surface area contributed by atoms with Crippen molar-refractivity contribution in [3.05, 3.63) is 35.9 Å².